The van der Waals surface area contributed by atoms with Gasteiger partial charge >= 0.3 is 5.63 Å². The van der Waals surface area contributed by atoms with E-state index in [0.717, 1.165) is 60.0 Å². The standard InChI is InChI=1S/C27H42O3.C15H14O4/c1-16-7-12-27(29-15-16)17(2)24-23(30-27)14-22-20-6-5-18-13-19(28)8-10-25(18,3)21(20)9-11-26(22,24)4;1-8(2)14-15(17-3)10-6-9-4-5-13(16)18-11(9)7-12(10)19-14/h9,16-20,22-24,28H,5-8,10-15H2,1-4H3;4-8H,1-3H3. The number of fused-ring (bicyclic) bond motifs is 9. The molecule has 6 aliphatic rings. The minimum Gasteiger partial charge on any atom is -0.492 e. The van der Waals surface area contributed by atoms with Gasteiger partial charge in [0, 0.05) is 35.8 Å². The van der Waals surface area contributed by atoms with Crippen LogP contribution in [0.2, 0.25) is 0 Å². The first kappa shape index (κ1) is 33.5. The maximum absolute atomic E-state index is 11.2. The minimum atomic E-state index is -0.366. The first-order chi connectivity index (χ1) is 23.4. The molecule has 3 aromatic rings. The summed E-state index contributed by atoms with van der Waals surface area (Å²) >= 11 is 0. The molecule has 266 valence electrons. The molecular formula is C42H56O7. The Bertz CT molecular complexity index is 1810. The largest absolute Gasteiger partial charge is 0.492 e. The van der Waals surface area contributed by atoms with Gasteiger partial charge in [0.05, 0.1) is 31.3 Å². The van der Waals surface area contributed by atoms with Crippen molar-refractivity contribution in [2.75, 3.05) is 13.7 Å². The molecular weight excluding hydrogens is 616 g/mol. The number of benzene rings is 1. The van der Waals surface area contributed by atoms with Gasteiger partial charge in [-0.3, -0.25) is 0 Å². The molecule has 11 atom stereocenters. The Morgan fingerprint density at radius 2 is 1.80 bits per heavy atom. The number of rotatable bonds is 2. The maximum atomic E-state index is 11.2. The van der Waals surface area contributed by atoms with Crippen molar-refractivity contribution in [3.63, 3.8) is 0 Å². The van der Waals surface area contributed by atoms with Gasteiger partial charge in [-0.1, -0.05) is 53.2 Å². The van der Waals surface area contributed by atoms with Gasteiger partial charge < -0.3 is 28.2 Å². The third kappa shape index (κ3) is 5.18. The number of aliphatic hydroxyl groups is 1. The molecule has 1 N–H and O–H groups in total. The van der Waals surface area contributed by atoms with Crippen LogP contribution in [0, 0.1) is 46.3 Å². The molecule has 49 heavy (non-hydrogen) atoms. The van der Waals surface area contributed by atoms with Crippen molar-refractivity contribution in [1.29, 1.82) is 0 Å². The van der Waals surface area contributed by atoms with E-state index < -0.39 is 0 Å². The Morgan fingerprint density at radius 1 is 0.980 bits per heavy atom. The minimum absolute atomic E-state index is 0.0661. The van der Waals surface area contributed by atoms with Gasteiger partial charge in [0.1, 0.15) is 16.9 Å². The zero-order valence-corrected chi connectivity index (χ0v) is 30.6. The molecule has 4 heterocycles. The maximum Gasteiger partial charge on any atom is 0.336 e. The molecule has 2 aromatic heterocycles. The molecule has 0 bridgehead atoms. The highest BCUT2D eigenvalue weighted by molar-refractivity contribution is 5.97. The lowest BCUT2D eigenvalue weighted by Crippen LogP contribution is -2.50. The molecule has 0 amide bonds. The van der Waals surface area contributed by atoms with Crippen molar-refractivity contribution in [2.24, 2.45) is 46.3 Å². The predicted molar refractivity (Wildman–Crippen MR) is 191 cm³/mol. The van der Waals surface area contributed by atoms with Crippen LogP contribution in [-0.2, 0) is 9.47 Å². The summed E-state index contributed by atoms with van der Waals surface area (Å²) < 4.78 is 29.7. The van der Waals surface area contributed by atoms with E-state index in [1.54, 1.807) is 24.8 Å². The zero-order valence-electron chi connectivity index (χ0n) is 30.6. The second-order valence-corrected chi connectivity index (χ2v) is 17.5. The van der Waals surface area contributed by atoms with Crippen LogP contribution in [0.5, 0.6) is 5.75 Å². The van der Waals surface area contributed by atoms with Gasteiger partial charge in [-0.2, -0.15) is 0 Å². The zero-order chi connectivity index (χ0) is 34.5. The highest BCUT2D eigenvalue weighted by Crippen LogP contribution is 2.69. The average Bonchev–Trinajstić information content (AvgIpc) is 3.68. The highest BCUT2D eigenvalue weighted by atomic mass is 16.7. The normalized spacial score (nSPS) is 41.1. The Hall–Kier alpha value is -2.61. The van der Waals surface area contributed by atoms with Crippen molar-refractivity contribution in [3.05, 3.63) is 52.1 Å². The van der Waals surface area contributed by atoms with E-state index in [-0.39, 0.29) is 23.4 Å². The Labute approximate surface area is 290 Å². The lowest BCUT2D eigenvalue weighted by Gasteiger charge is -2.57. The van der Waals surface area contributed by atoms with Crippen LogP contribution in [0.1, 0.15) is 111 Å². The Kier molecular flexibility index (Phi) is 8.20. The van der Waals surface area contributed by atoms with Crippen molar-refractivity contribution in [3.8, 4) is 5.75 Å². The average molecular weight is 673 g/mol. The van der Waals surface area contributed by atoms with Crippen molar-refractivity contribution >= 4 is 21.9 Å². The number of aliphatic hydroxyl groups excluding tert-OH is 1. The molecule has 11 unspecified atom stereocenters. The van der Waals surface area contributed by atoms with Crippen LogP contribution >= 0.6 is 0 Å². The van der Waals surface area contributed by atoms with E-state index in [9.17, 15) is 9.90 Å². The van der Waals surface area contributed by atoms with Gasteiger partial charge in [0.25, 0.3) is 0 Å². The molecule has 0 radical (unpaired) electrons. The summed E-state index contributed by atoms with van der Waals surface area (Å²) in [7, 11) is 1.63. The molecule has 2 aliphatic heterocycles. The van der Waals surface area contributed by atoms with Crippen LogP contribution < -0.4 is 10.4 Å². The summed E-state index contributed by atoms with van der Waals surface area (Å²) in [5.74, 6) is 5.45. The van der Waals surface area contributed by atoms with Crippen molar-refractivity contribution in [2.45, 2.75) is 123 Å². The molecule has 1 spiro atoms. The number of hydrogen-bond acceptors (Lipinski definition) is 7. The van der Waals surface area contributed by atoms with Crippen molar-refractivity contribution in [1.82, 2.24) is 0 Å². The Balaban J connectivity index is 0.000000158. The van der Waals surface area contributed by atoms with E-state index in [1.807, 2.05) is 19.9 Å². The Morgan fingerprint density at radius 3 is 2.53 bits per heavy atom. The summed E-state index contributed by atoms with van der Waals surface area (Å²) in [6.07, 6.45) is 13.6. The van der Waals surface area contributed by atoms with Gasteiger partial charge in [-0.25, -0.2) is 4.79 Å². The van der Waals surface area contributed by atoms with Gasteiger partial charge in [-0.15, -0.1) is 0 Å². The first-order valence-electron chi connectivity index (χ1n) is 19.1. The van der Waals surface area contributed by atoms with E-state index in [2.05, 4.69) is 33.8 Å². The second-order valence-electron chi connectivity index (χ2n) is 17.5. The van der Waals surface area contributed by atoms with E-state index in [4.69, 9.17) is 23.0 Å². The number of allylic oxidation sites excluding steroid dienone is 2. The molecule has 1 aromatic carbocycles. The van der Waals surface area contributed by atoms with Gasteiger partial charge in [0.2, 0.25) is 0 Å². The SMILES string of the molecule is CC1CCC2(OC1)OC1CC3C4CCC5CC(O)CCC5(C)C4=CCC3(C)C1C2C.COc1c(C(C)C)oc2cc3oc(=O)ccc3cc12. The topological polar surface area (TPSA) is 91.3 Å². The predicted octanol–water partition coefficient (Wildman–Crippen LogP) is 9.39. The smallest absolute Gasteiger partial charge is 0.336 e. The summed E-state index contributed by atoms with van der Waals surface area (Å²) in [4.78, 5) is 11.2. The molecule has 4 aliphatic carbocycles. The van der Waals surface area contributed by atoms with Crippen molar-refractivity contribution < 1.29 is 28.2 Å². The van der Waals surface area contributed by atoms with Crippen LogP contribution in [0.3, 0.4) is 0 Å². The third-order valence-electron chi connectivity index (χ3n) is 14.4. The summed E-state index contributed by atoms with van der Waals surface area (Å²) in [5, 5.41) is 12.0. The van der Waals surface area contributed by atoms with E-state index >= 15 is 0 Å². The van der Waals surface area contributed by atoms with Crippen LogP contribution in [-0.4, -0.2) is 36.8 Å². The molecule has 5 fully saturated rings. The first-order valence-corrected chi connectivity index (χ1v) is 19.1. The fraction of sp³-hybridized carbons (Fsp3) is 0.690. The third-order valence-corrected chi connectivity index (χ3v) is 14.4. The molecule has 7 nitrogen and oxygen atoms in total. The van der Waals surface area contributed by atoms with E-state index in [1.165, 1.54) is 44.6 Å². The van der Waals surface area contributed by atoms with Gasteiger partial charge in [0.15, 0.2) is 11.5 Å². The van der Waals surface area contributed by atoms with E-state index in [0.29, 0.717) is 51.8 Å². The fourth-order valence-corrected chi connectivity index (χ4v) is 11.8. The molecule has 7 heteroatoms. The molecule has 9 rings (SSSR count). The number of furan rings is 1. The number of hydrogen-bond donors (Lipinski definition) is 1. The monoisotopic (exact) mass is 672 g/mol. The lowest BCUT2D eigenvalue weighted by atomic mass is 9.48. The highest BCUT2D eigenvalue weighted by Gasteiger charge is 2.67. The number of ether oxygens (including phenoxy) is 3. The van der Waals surface area contributed by atoms with Crippen LogP contribution in [0.4, 0.5) is 0 Å². The summed E-state index contributed by atoms with van der Waals surface area (Å²) in [5.41, 5.74) is 3.28. The summed E-state index contributed by atoms with van der Waals surface area (Å²) in [6.45, 7) is 14.8. The summed E-state index contributed by atoms with van der Waals surface area (Å²) in [6, 6.07) is 6.80. The second kappa shape index (κ2) is 12.0. The molecule has 2 saturated heterocycles. The fourth-order valence-electron chi connectivity index (χ4n) is 11.8. The van der Waals surface area contributed by atoms with Gasteiger partial charge in [-0.05, 0) is 104 Å². The number of methoxy groups -OCH3 is 1. The lowest BCUT2D eigenvalue weighted by molar-refractivity contribution is -0.272. The van der Waals surface area contributed by atoms with Crippen LogP contribution in [0.15, 0.2) is 49.5 Å². The quantitative estimate of drug-likeness (QED) is 0.214. The van der Waals surface area contributed by atoms with Crippen LogP contribution in [0.25, 0.3) is 21.9 Å². The molecule has 3 saturated carbocycles.